The van der Waals surface area contributed by atoms with E-state index < -0.39 is 61.1 Å². The first-order valence-electron chi connectivity index (χ1n) is 10.3. The third-order valence-corrected chi connectivity index (χ3v) is 6.61. The van der Waals surface area contributed by atoms with Crippen molar-refractivity contribution in [1.29, 1.82) is 0 Å². The smallest absolute Gasteiger partial charge is 0.356 e. The number of carbonyl (C=O) groups is 2. The minimum Gasteiger partial charge on any atom is -0.461 e. The number of hydrogen-bond donors (Lipinski definition) is 5. The van der Waals surface area contributed by atoms with Crippen molar-refractivity contribution in [2.75, 3.05) is 5.32 Å². The minimum atomic E-state index is -4.38. The highest BCUT2D eigenvalue weighted by Gasteiger charge is 2.47. The topological polar surface area (TPSA) is 207 Å². The van der Waals surface area contributed by atoms with Gasteiger partial charge in [0, 0.05) is 32.0 Å². The summed E-state index contributed by atoms with van der Waals surface area (Å²) >= 11 is 0. The number of anilines is 1. The number of hydrogen-bond acceptors (Lipinski definition) is 11. The van der Waals surface area contributed by atoms with E-state index in [4.69, 9.17) is 14.0 Å². The van der Waals surface area contributed by atoms with Crippen LogP contribution in [-0.2, 0) is 34.8 Å². The second-order valence-corrected chi connectivity index (χ2v) is 10.6. The maximum Gasteiger partial charge on any atom is 0.356 e. The molecule has 0 radical (unpaired) electrons. The van der Waals surface area contributed by atoms with E-state index in [1.54, 1.807) is 0 Å². The summed E-state index contributed by atoms with van der Waals surface area (Å²) in [5, 5.41) is 32.8. The first-order chi connectivity index (χ1) is 15.5. The van der Waals surface area contributed by atoms with Crippen LogP contribution in [0.5, 0.6) is 0 Å². The molecule has 0 aromatic carbocycles. The number of rotatable bonds is 9. The third kappa shape index (κ3) is 6.92. The van der Waals surface area contributed by atoms with Crippen molar-refractivity contribution >= 4 is 25.3 Å². The molecule has 2 rings (SSSR count). The number of aliphatic hydroxyl groups excluding tert-OH is 3. The van der Waals surface area contributed by atoms with Gasteiger partial charge in [0.15, 0.2) is 12.1 Å². The Hall–Kier alpha value is -2.19. The zero-order valence-corrected chi connectivity index (χ0v) is 20.3. The second kappa shape index (κ2) is 10.6. The number of esters is 1. The molecule has 5 N–H and O–H groups in total. The molecule has 14 nitrogen and oxygen atoms in total. The van der Waals surface area contributed by atoms with Gasteiger partial charge >= 0.3 is 19.3 Å². The molecule has 1 saturated heterocycles. The Bertz CT molecular complexity index is 1030. The standard InChI is InChI=1S/C19H30N3O11P/c1-9(23)20-16-12(8-31-10(2)24)7-22(18(28)21-16)17-15(27)14(26)13(32-17)6-19(4,5)33-34(29,30)11(3)25/h7,11,13-15,17,25-27H,6,8H2,1-5H3,(H,29,30)(H,20,21,23,28)/t11?,13-,14-,15-,17-/m1/s1. The molecule has 34 heavy (non-hydrogen) atoms. The van der Waals surface area contributed by atoms with Crippen LogP contribution >= 0.6 is 7.60 Å². The monoisotopic (exact) mass is 507 g/mol. The van der Waals surface area contributed by atoms with Gasteiger partial charge in [-0.2, -0.15) is 4.98 Å². The van der Waals surface area contributed by atoms with E-state index in [0.717, 1.165) is 11.5 Å². The molecular weight excluding hydrogens is 477 g/mol. The molecule has 0 aliphatic carbocycles. The van der Waals surface area contributed by atoms with Crippen molar-refractivity contribution < 1.29 is 48.4 Å². The highest BCUT2D eigenvalue weighted by atomic mass is 31.2. The highest BCUT2D eigenvalue weighted by molar-refractivity contribution is 7.53. The summed E-state index contributed by atoms with van der Waals surface area (Å²) in [6.45, 7) is 5.97. The van der Waals surface area contributed by atoms with Gasteiger partial charge < -0.3 is 39.5 Å². The van der Waals surface area contributed by atoms with Crippen LogP contribution in [0.1, 0.15) is 52.8 Å². The predicted molar refractivity (Wildman–Crippen MR) is 115 cm³/mol. The molecule has 2 heterocycles. The van der Waals surface area contributed by atoms with E-state index in [1.807, 2.05) is 0 Å². The summed E-state index contributed by atoms with van der Waals surface area (Å²) in [5.74, 6) is -2.95. The highest BCUT2D eigenvalue weighted by Crippen LogP contribution is 2.51. The number of nitrogens with zero attached hydrogens (tertiary/aromatic N) is 2. The lowest BCUT2D eigenvalue weighted by atomic mass is 9.97. The lowest BCUT2D eigenvalue weighted by Gasteiger charge is -2.31. The number of aliphatic hydroxyl groups is 3. The average molecular weight is 507 g/mol. The van der Waals surface area contributed by atoms with Crippen LogP contribution in [0.4, 0.5) is 5.82 Å². The summed E-state index contributed by atoms with van der Waals surface area (Å²) < 4.78 is 28.7. The van der Waals surface area contributed by atoms with Crippen LogP contribution in [0.15, 0.2) is 11.0 Å². The summed E-state index contributed by atoms with van der Waals surface area (Å²) in [4.78, 5) is 48.8. The van der Waals surface area contributed by atoms with Gasteiger partial charge in [0.25, 0.3) is 0 Å². The lowest BCUT2D eigenvalue weighted by Crippen LogP contribution is -2.38. The van der Waals surface area contributed by atoms with Crippen LogP contribution in [-0.4, -0.2) is 71.4 Å². The molecule has 0 saturated carbocycles. The Kier molecular flexibility index (Phi) is 8.75. The SMILES string of the molecule is CC(=O)Nc1nc(=O)n([C@@H]2O[C@H](CC(C)(C)OP(=O)(O)C(C)O)[C@@H](O)[C@H]2O)cc1COC(C)=O. The fourth-order valence-electron chi connectivity index (χ4n) is 3.33. The maximum atomic E-state index is 12.6. The van der Waals surface area contributed by atoms with Crippen molar-refractivity contribution in [3.05, 3.63) is 22.2 Å². The van der Waals surface area contributed by atoms with Crippen LogP contribution in [0, 0.1) is 0 Å². The molecule has 0 bridgehead atoms. The van der Waals surface area contributed by atoms with Crippen molar-refractivity contribution in [3.8, 4) is 0 Å². The lowest BCUT2D eigenvalue weighted by molar-refractivity contribution is -0.142. The van der Waals surface area contributed by atoms with Gasteiger partial charge in [0.1, 0.15) is 24.6 Å². The molecule has 1 aromatic rings. The van der Waals surface area contributed by atoms with Crippen LogP contribution < -0.4 is 11.0 Å². The van der Waals surface area contributed by atoms with Crippen LogP contribution in [0.25, 0.3) is 0 Å². The van der Waals surface area contributed by atoms with E-state index >= 15 is 0 Å². The summed E-state index contributed by atoms with van der Waals surface area (Å²) in [5.41, 5.74) is -2.18. The Morgan fingerprint density at radius 3 is 2.47 bits per heavy atom. The number of aromatic nitrogens is 2. The second-order valence-electron chi connectivity index (χ2n) is 8.56. The quantitative estimate of drug-likeness (QED) is 0.214. The van der Waals surface area contributed by atoms with Gasteiger partial charge in [-0.3, -0.25) is 18.7 Å². The predicted octanol–water partition coefficient (Wildman–Crippen LogP) is -0.407. The van der Waals surface area contributed by atoms with E-state index in [2.05, 4.69) is 10.3 Å². The van der Waals surface area contributed by atoms with Gasteiger partial charge in [-0.05, 0) is 20.8 Å². The normalized spacial score (nSPS) is 25.4. The maximum absolute atomic E-state index is 12.6. The Morgan fingerprint density at radius 1 is 1.32 bits per heavy atom. The van der Waals surface area contributed by atoms with E-state index in [0.29, 0.717) is 0 Å². The number of carbonyl (C=O) groups excluding carboxylic acids is 2. The van der Waals surface area contributed by atoms with E-state index in [-0.39, 0.29) is 24.4 Å². The van der Waals surface area contributed by atoms with E-state index in [1.165, 1.54) is 33.9 Å². The fraction of sp³-hybridized carbons (Fsp3) is 0.684. The average Bonchev–Trinajstić information content (AvgIpc) is 2.93. The molecule has 1 aliphatic heterocycles. The Balaban J connectivity index is 2.32. The first kappa shape index (κ1) is 28.1. The summed E-state index contributed by atoms with van der Waals surface area (Å²) in [6, 6.07) is 0. The largest absolute Gasteiger partial charge is 0.461 e. The van der Waals surface area contributed by atoms with Gasteiger partial charge in [-0.1, -0.05) is 0 Å². The van der Waals surface area contributed by atoms with Gasteiger partial charge in [0.05, 0.1) is 11.7 Å². The first-order valence-corrected chi connectivity index (χ1v) is 11.9. The molecule has 1 aliphatic rings. The minimum absolute atomic E-state index is 0.126. The molecule has 1 aromatic heterocycles. The van der Waals surface area contributed by atoms with E-state index in [9.17, 15) is 39.2 Å². The summed E-state index contributed by atoms with van der Waals surface area (Å²) in [6.07, 6.45) is -4.70. The molecule has 6 atom stereocenters. The van der Waals surface area contributed by atoms with Gasteiger partial charge in [0.2, 0.25) is 5.91 Å². The summed E-state index contributed by atoms with van der Waals surface area (Å²) in [7, 11) is -4.38. The number of ether oxygens (including phenoxy) is 2. The molecule has 2 unspecified atom stereocenters. The van der Waals surface area contributed by atoms with Gasteiger partial charge in [-0.15, -0.1) is 0 Å². The Labute approximate surface area is 195 Å². The number of nitrogens with one attached hydrogen (secondary N) is 1. The molecule has 192 valence electrons. The molecule has 1 fully saturated rings. The zero-order valence-electron chi connectivity index (χ0n) is 19.4. The zero-order chi connectivity index (χ0) is 26.0. The van der Waals surface area contributed by atoms with Crippen molar-refractivity contribution in [2.45, 2.75) is 83.6 Å². The van der Waals surface area contributed by atoms with Gasteiger partial charge in [-0.25, -0.2) is 4.79 Å². The Morgan fingerprint density at radius 2 is 1.94 bits per heavy atom. The third-order valence-electron chi connectivity index (χ3n) is 4.91. The fourth-order valence-corrected chi connectivity index (χ4v) is 4.27. The molecule has 0 spiro atoms. The molecular formula is C19H30N3O11P. The molecule has 15 heteroatoms. The van der Waals surface area contributed by atoms with Crippen LogP contribution in [0.3, 0.4) is 0 Å². The van der Waals surface area contributed by atoms with Crippen molar-refractivity contribution in [1.82, 2.24) is 9.55 Å². The number of amides is 1. The van der Waals surface area contributed by atoms with Crippen LogP contribution in [0.2, 0.25) is 0 Å². The van der Waals surface area contributed by atoms with Crippen molar-refractivity contribution in [2.24, 2.45) is 0 Å². The molecule has 1 amide bonds. The van der Waals surface area contributed by atoms with Crippen molar-refractivity contribution in [3.63, 3.8) is 0 Å².